The molecule has 0 unspecified atom stereocenters. The molecule has 0 radical (unpaired) electrons. The molecule has 6 nitrogen and oxygen atoms in total. The highest BCUT2D eigenvalue weighted by Crippen LogP contribution is 2.33. The van der Waals surface area contributed by atoms with Crippen molar-refractivity contribution < 1.29 is 13.9 Å². The summed E-state index contributed by atoms with van der Waals surface area (Å²) in [7, 11) is 0. The fourth-order valence-corrected chi connectivity index (χ4v) is 5.14. The molecule has 0 spiro atoms. The van der Waals surface area contributed by atoms with E-state index in [1.165, 1.54) is 23.4 Å². The van der Waals surface area contributed by atoms with Crippen LogP contribution in [0.25, 0.3) is 0 Å². The van der Waals surface area contributed by atoms with E-state index in [1.807, 2.05) is 27.7 Å². The smallest absolute Gasteiger partial charge is 0.237 e. The molecular formula is C26H31FN4O2S. The number of hydrogen-bond acceptors (Lipinski definition) is 5. The van der Waals surface area contributed by atoms with E-state index in [-0.39, 0.29) is 30.1 Å². The molecule has 8 heteroatoms. The number of aromatic nitrogens is 3. The van der Waals surface area contributed by atoms with Crippen LogP contribution in [0.1, 0.15) is 50.9 Å². The molecule has 1 atom stereocenters. The topological polar surface area (TPSA) is 60.2 Å². The number of hydrogen-bond donors (Lipinski definition) is 0. The van der Waals surface area contributed by atoms with Crippen LogP contribution in [0.3, 0.4) is 0 Å². The molecule has 1 aliphatic rings. The van der Waals surface area contributed by atoms with E-state index in [9.17, 15) is 9.18 Å². The van der Waals surface area contributed by atoms with Gasteiger partial charge in [0.15, 0.2) is 22.5 Å². The molecular weight excluding hydrogens is 451 g/mol. The zero-order chi connectivity index (χ0) is 23.9. The van der Waals surface area contributed by atoms with Crippen molar-refractivity contribution in [3.8, 4) is 5.75 Å². The summed E-state index contributed by atoms with van der Waals surface area (Å²) in [5.74, 6) is 0.757. The number of anilines is 1. The van der Waals surface area contributed by atoms with Crippen LogP contribution in [0.5, 0.6) is 5.75 Å². The van der Waals surface area contributed by atoms with Crippen LogP contribution in [0.2, 0.25) is 0 Å². The molecule has 0 bridgehead atoms. The van der Waals surface area contributed by atoms with Crippen molar-refractivity contribution in [3.05, 3.63) is 65.7 Å². The molecule has 1 aromatic heterocycles. The number of ether oxygens (including phenoxy) is 1. The van der Waals surface area contributed by atoms with Gasteiger partial charge in [-0.3, -0.25) is 4.79 Å². The molecule has 3 aromatic rings. The third kappa shape index (κ3) is 5.60. The van der Waals surface area contributed by atoms with Gasteiger partial charge in [-0.2, -0.15) is 0 Å². The summed E-state index contributed by atoms with van der Waals surface area (Å²) >= 11 is 1.40. The molecule has 180 valence electrons. The summed E-state index contributed by atoms with van der Waals surface area (Å²) in [6, 6.07) is 14.6. The number of carbonyl (C=O) groups is 1. The van der Waals surface area contributed by atoms with Gasteiger partial charge in [0.05, 0.1) is 5.75 Å². The SMILES string of the molecule is CCCCCCn1c(COc2ccccc2F)nnc1SCC(=O)N1c2ccccc2C[C@@H]1C. The van der Waals surface area contributed by atoms with Crippen LogP contribution in [0, 0.1) is 5.82 Å². The molecule has 4 rings (SSSR count). The van der Waals surface area contributed by atoms with Gasteiger partial charge in [-0.05, 0) is 43.5 Å². The van der Waals surface area contributed by atoms with Crippen molar-refractivity contribution in [2.45, 2.75) is 70.3 Å². The standard InChI is InChI=1S/C26H31FN4O2S/c1-3-4-5-10-15-30-24(17-33-23-14-9-7-12-21(23)27)28-29-26(30)34-18-25(32)31-19(2)16-20-11-6-8-13-22(20)31/h6-9,11-14,19H,3-5,10,15-18H2,1-2H3/t19-/m0/s1. The number of carbonyl (C=O) groups excluding carboxylic acids is 1. The van der Waals surface area contributed by atoms with Gasteiger partial charge in [-0.15, -0.1) is 10.2 Å². The number of thioether (sulfide) groups is 1. The van der Waals surface area contributed by atoms with Gasteiger partial charge in [-0.25, -0.2) is 4.39 Å². The number of rotatable bonds is 11. The van der Waals surface area contributed by atoms with Crippen molar-refractivity contribution >= 4 is 23.4 Å². The summed E-state index contributed by atoms with van der Waals surface area (Å²) < 4.78 is 21.7. The predicted octanol–water partition coefficient (Wildman–Crippen LogP) is 5.65. The largest absolute Gasteiger partial charge is 0.483 e. The Hall–Kier alpha value is -2.87. The molecule has 1 amide bonds. The van der Waals surface area contributed by atoms with E-state index < -0.39 is 5.82 Å². The first-order chi connectivity index (χ1) is 16.6. The van der Waals surface area contributed by atoms with Crippen molar-refractivity contribution in [1.29, 1.82) is 0 Å². The maximum Gasteiger partial charge on any atom is 0.237 e. The molecule has 0 fully saturated rings. The number of nitrogens with zero attached hydrogens (tertiary/aromatic N) is 4. The van der Waals surface area contributed by atoms with Gasteiger partial charge >= 0.3 is 0 Å². The van der Waals surface area contributed by atoms with Crippen LogP contribution in [0.15, 0.2) is 53.7 Å². The highest BCUT2D eigenvalue weighted by molar-refractivity contribution is 7.99. The molecule has 2 aromatic carbocycles. The van der Waals surface area contributed by atoms with E-state index in [1.54, 1.807) is 18.2 Å². The van der Waals surface area contributed by atoms with Gasteiger partial charge in [-0.1, -0.05) is 68.3 Å². The minimum Gasteiger partial charge on any atom is -0.483 e. The van der Waals surface area contributed by atoms with Gasteiger partial charge in [0.2, 0.25) is 5.91 Å². The lowest BCUT2D eigenvalue weighted by atomic mass is 10.1. The van der Waals surface area contributed by atoms with Gasteiger partial charge in [0.1, 0.15) is 6.61 Å². The van der Waals surface area contributed by atoms with Crippen LogP contribution in [-0.4, -0.2) is 32.5 Å². The van der Waals surface area contributed by atoms with Gasteiger partial charge < -0.3 is 14.2 Å². The monoisotopic (exact) mass is 482 g/mol. The quantitative estimate of drug-likeness (QED) is 0.261. The highest BCUT2D eigenvalue weighted by atomic mass is 32.2. The Labute approximate surface area is 204 Å². The lowest BCUT2D eigenvalue weighted by molar-refractivity contribution is -0.116. The Bertz CT molecular complexity index is 1120. The predicted molar refractivity (Wildman–Crippen MR) is 133 cm³/mol. The molecule has 0 aliphatic carbocycles. The third-order valence-electron chi connectivity index (χ3n) is 6.02. The summed E-state index contributed by atoms with van der Waals surface area (Å²) in [5, 5.41) is 9.34. The Balaban J connectivity index is 1.45. The fraction of sp³-hybridized carbons (Fsp3) is 0.423. The Kier molecular flexibility index (Phi) is 8.21. The molecule has 1 aliphatic heterocycles. The summed E-state index contributed by atoms with van der Waals surface area (Å²) in [6.07, 6.45) is 5.27. The molecule has 0 N–H and O–H groups in total. The maximum absolute atomic E-state index is 14.0. The first-order valence-corrected chi connectivity index (χ1v) is 12.9. The van der Waals surface area contributed by atoms with E-state index in [0.717, 1.165) is 44.3 Å². The zero-order valence-corrected chi connectivity index (χ0v) is 20.6. The first kappa shape index (κ1) is 24.3. The summed E-state index contributed by atoms with van der Waals surface area (Å²) in [4.78, 5) is 15.0. The first-order valence-electron chi connectivity index (χ1n) is 11.9. The second kappa shape index (κ2) is 11.5. The van der Waals surface area contributed by atoms with Crippen molar-refractivity contribution in [2.75, 3.05) is 10.7 Å². The van der Waals surface area contributed by atoms with Gasteiger partial charge in [0, 0.05) is 18.3 Å². The average Bonchev–Trinajstić information content (AvgIpc) is 3.39. The van der Waals surface area contributed by atoms with Crippen molar-refractivity contribution in [1.82, 2.24) is 14.8 Å². The second-order valence-electron chi connectivity index (χ2n) is 8.56. The molecule has 2 heterocycles. The van der Waals surface area contributed by atoms with Crippen molar-refractivity contribution in [3.63, 3.8) is 0 Å². The average molecular weight is 483 g/mol. The number of unbranched alkanes of at least 4 members (excludes halogenated alkanes) is 3. The maximum atomic E-state index is 14.0. The van der Waals surface area contributed by atoms with E-state index >= 15 is 0 Å². The fourth-order valence-electron chi connectivity index (χ4n) is 4.30. The normalized spacial score (nSPS) is 14.9. The number of halogens is 1. The van der Waals surface area contributed by atoms with Gasteiger partial charge in [0.25, 0.3) is 0 Å². The summed E-state index contributed by atoms with van der Waals surface area (Å²) in [5.41, 5.74) is 2.21. The Morgan fingerprint density at radius 3 is 2.74 bits per heavy atom. The summed E-state index contributed by atoms with van der Waals surface area (Å²) in [6.45, 7) is 5.11. The number of para-hydroxylation sites is 2. The minimum atomic E-state index is -0.406. The van der Waals surface area contributed by atoms with E-state index in [0.29, 0.717) is 11.0 Å². The number of amides is 1. The highest BCUT2D eigenvalue weighted by Gasteiger charge is 2.30. The lowest BCUT2D eigenvalue weighted by Crippen LogP contribution is -2.37. The van der Waals surface area contributed by atoms with Crippen molar-refractivity contribution in [2.24, 2.45) is 0 Å². The van der Waals surface area contributed by atoms with E-state index in [4.69, 9.17) is 4.74 Å². The molecule has 0 saturated carbocycles. The van der Waals surface area contributed by atoms with Crippen LogP contribution < -0.4 is 9.64 Å². The van der Waals surface area contributed by atoms with Crippen LogP contribution >= 0.6 is 11.8 Å². The zero-order valence-electron chi connectivity index (χ0n) is 19.7. The lowest BCUT2D eigenvalue weighted by Gasteiger charge is -2.22. The number of fused-ring (bicyclic) bond motifs is 1. The molecule has 34 heavy (non-hydrogen) atoms. The second-order valence-corrected chi connectivity index (χ2v) is 9.51. The third-order valence-corrected chi connectivity index (χ3v) is 6.97. The Morgan fingerprint density at radius 1 is 1.12 bits per heavy atom. The molecule has 0 saturated heterocycles. The van der Waals surface area contributed by atoms with Crippen LogP contribution in [0.4, 0.5) is 10.1 Å². The van der Waals surface area contributed by atoms with E-state index in [2.05, 4.69) is 30.1 Å². The minimum absolute atomic E-state index is 0.0622. The number of benzene rings is 2. The Morgan fingerprint density at radius 2 is 1.91 bits per heavy atom. The van der Waals surface area contributed by atoms with Crippen LogP contribution in [-0.2, 0) is 24.4 Å².